The zero-order valence-electron chi connectivity index (χ0n) is 40.0. The zero-order valence-corrected chi connectivity index (χ0v) is 40.0. The van der Waals surface area contributed by atoms with Crippen LogP contribution in [0.2, 0.25) is 0 Å². The fraction of sp³-hybridized carbons (Fsp3) is 0.453. The van der Waals surface area contributed by atoms with Gasteiger partial charge in [-0.1, -0.05) is 74.5 Å². The number of nitrogens with two attached hydrogens (primary N) is 2. The van der Waals surface area contributed by atoms with Crippen LogP contribution in [0, 0.1) is 0 Å². The summed E-state index contributed by atoms with van der Waals surface area (Å²) in [6, 6.07) is 25.9. The second-order valence-corrected chi connectivity index (χ2v) is 20.5. The van der Waals surface area contributed by atoms with Crippen LogP contribution in [0.3, 0.4) is 0 Å². The lowest BCUT2D eigenvalue weighted by Crippen LogP contribution is -2.72. The Morgan fingerprint density at radius 2 is 1.03 bits per heavy atom. The van der Waals surface area contributed by atoms with Crippen LogP contribution < -0.4 is 31.9 Å². The lowest BCUT2D eigenvalue weighted by molar-refractivity contribution is -0.144. The molecule has 4 saturated heterocycles. The van der Waals surface area contributed by atoms with E-state index in [2.05, 4.69) is 60.6 Å². The summed E-state index contributed by atoms with van der Waals surface area (Å²) in [6.07, 6.45) is 2.29. The summed E-state index contributed by atoms with van der Waals surface area (Å²) in [7, 11) is 0. The number of likely N-dealkylation sites (tertiary alicyclic amines) is 2. The zero-order chi connectivity index (χ0) is 50.0. The summed E-state index contributed by atoms with van der Waals surface area (Å²) in [5, 5.41) is 24.7. The van der Waals surface area contributed by atoms with Crippen molar-refractivity contribution in [2.24, 2.45) is 11.5 Å². The molecule has 8 N–H and O–H groups in total. The van der Waals surface area contributed by atoms with E-state index in [9.17, 15) is 29.4 Å². The molecule has 4 unspecified atom stereocenters. The number of benzene rings is 3. The minimum absolute atomic E-state index is 0.222. The lowest BCUT2D eigenvalue weighted by atomic mass is 9.56. The van der Waals surface area contributed by atoms with Crippen molar-refractivity contribution in [3.8, 4) is 11.1 Å². The summed E-state index contributed by atoms with van der Waals surface area (Å²) in [5.41, 5.74) is 11.5. The molecule has 4 aromatic rings. The first-order valence-electron chi connectivity index (χ1n) is 24.6. The van der Waals surface area contributed by atoms with Gasteiger partial charge in [0.25, 0.3) is 11.8 Å². The predicted octanol–water partition coefficient (Wildman–Crippen LogP) is 4.52. The van der Waals surface area contributed by atoms with E-state index in [1.807, 2.05) is 74.6 Å². The first-order chi connectivity index (χ1) is 34.0. The Hall–Kier alpha value is -6.89. The van der Waals surface area contributed by atoms with Gasteiger partial charge in [-0.2, -0.15) is 0 Å². The van der Waals surface area contributed by atoms with E-state index in [4.69, 9.17) is 21.2 Å². The fourth-order valence-corrected chi connectivity index (χ4v) is 14.3. The predicted molar refractivity (Wildman–Crippen MR) is 262 cm³/mol. The Morgan fingerprint density at radius 1 is 0.592 bits per heavy atom. The fourth-order valence-electron chi connectivity index (χ4n) is 14.3. The summed E-state index contributed by atoms with van der Waals surface area (Å²) < 4.78 is 5.54. The normalized spacial score (nSPS) is 30.1. The van der Waals surface area contributed by atoms with Gasteiger partial charge in [-0.05, 0) is 104 Å². The number of amides is 6. The molecule has 1 aromatic heterocycles. The number of carboxylic acid groups (broad SMARTS) is 2. The van der Waals surface area contributed by atoms with Crippen LogP contribution in [0.5, 0.6) is 0 Å². The summed E-state index contributed by atoms with van der Waals surface area (Å²) in [6.45, 7) is 7.30. The Balaban J connectivity index is 1.10. The molecule has 71 heavy (non-hydrogen) atoms. The highest BCUT2D eigenvalue weighted by atomic mass is 16.5. The molecule has 8 atom stereocenters. The monoisotopic (exact) mass is 967 g/mol. The van der Waals surface area contributed by atoms with Gasteiger partial charge in [0.15, 0.2) is 0 Å². The molecule has 0 spiro atoms. The van der Waals surface area contributed by atoms with Gasteiger partial charge in [0.1, 0.15) is 16.9 Å². The van der Waals surface area contributed by atoms with Crippen molar-refractivity contribution in [1.82, 2.24) is 25.4 Å². The van der Waals surface area contributed by atoms with Crippen molar-refractivity contribution in [2.45, 2.75) is 111 Å². The third-order valence-corrected chi connectivity index (χ3v) is 17.0. The van der Waals surface area contributed by atoms with Crippen LogP contribution in [-0.2, 0) is 45.8 Å². The number of anilines is 2. The second kappa shape index (κ2) is 18.1. The van der Waals surface area contributed by atoms with E-state index in [0.29, 0.717) is 87.1 Å². The first kappa shape index (κ1) is 47.8. The average Bonchev–Trinajstić information content (AvgIpc) is 4.13. The maximum absolute atomic E-state index is 15.0. The summed E-state index contributed by atoms with van der Waals surface area (Å²) in [4.78, 5) is 94.8. The number of carbonyl (C=O) groups is 6. The number of hydrogen-bond donors (Lipinski definition) is 6. The maximum Gasteiger partial charge on any atom is 0.411 e. The van der Waals surface area contributed by atoms with Crippen LogP contribution in [0.15, 0.2) is 91.1 Å². The maximum atomic E-state index is 15.0. The highest BCUT2D eigenvalue weighted by molar-refractivity contribution is 6.01. The number of fused-ring (bicyclic) bond motifs is 6. The molecule has 6 amide bonds. The van der Waals surface area contributed by atoms with Crippen LogP contribution in [0.25, 0.3) is 11.1 Å². The molecule has 18 nitrogen and oxygen atoms in total. The van der Waals surface area contributed by atoms with E-state index in [1.54, 1.807) is 0 Å². The number of pyridine rings is 1. The third-order valence-electron chi connectivity index (χ3n) is 17.0. The Morgan fingerprint density at radius 3 is 1.44 bits per heavy atom. The molecule has 4 fully saturated rings. The molecule has 4 bridgehead atoms. The summed E-state index contributed by atoms with van der Waals surface area (Å²) >= 11 is 0. The molecular formula is C53H61N9O9. The third kappa shape index (κ3) is 7.43. The van der Waals surface area contributed by atoms with E-state index >= 15 is 9.59 Å². The molecule has 5 heterocycles. The van der Waals surface area contributed by atoms with Crippen molar-refractivity contribution in [3.05, 3.63) is 113 Å². The topological polar surface area (TPSA) is 254 Å². The standard InChI is InChI=1S/C53H61N9O9/c1-50(29-43(54)63)34-10-14-36(15-11-34)52(50,46(65)57-48(67)68)60-23-3-5-39(60)41-20-21-42(62(41)38-18-7-32(8-19-38)33-9-22-45(56-31-33)59-25-27-71-28-26-59)40-6-4-24-61(40)53(47(66)58-49(69)70)37-16-12-35(13-17-37)51(53,2)30-44(55)64/h7-19,22,31,39-42H,3-6,20-21,23-30H2,1-2H3,(H2,54,63)(H2,55,64)(H,57,65)(H,58,66)(H,67,68)(H,69,70)/t39?,40?,41-,42-,50?,51?,52+,53+/m0/s1. The molecule has 18 heteroatoms. The SMILES string of the molecule is CC1(CC(N)=O)c2ccc(cc2)[C@]1(C(=O)NC(=O)O)N1CCCC1[C@@H]1CC[C@@H](C2CCCN2[C@@]2(C(=O)NC(=O)O)c3ccc(cc3)C2(C)CC(N)=O)N1c1ccc(-c2ccc(N3CCOCC3)nc2)cc1. The van der Waals surface area contributed by atoms with Gasteiger partial charge in [-0.15, -0.1) is 0 Å². The Kier molecular flexibility index (Phi) is 12.2. The molecule has 8 aliphatic rings. The van der Waals surface area contributed by atoms with Crippen molar-refractivity contribution in [1.29, 1.82) is 0 Å². The number of carbonyl (C=O) groups excluding carboxylic acids is 4. The molecule has 372 valence electrons. The molecular weight excluding hydrogens is 907 g/mol. The number of hydrogen-bond acceptors (Lipinski definition) is 12. The minimum atomic E-state index is -1.64. The number of nitrogens with zero attached hydrogens (tertiary/aromatic N) is 5. The van der Waals surface area contributed by atoms with E-state index < -0.39 is 57.7 Å². The second-order valence-electron chi connectivity index (χ2n) is 20.5. The Bertz CT molecular complexity index is 2620. The van der Waals surface area contributed by atoms with Crippen molar-refractivity contribution in [2.75, 3.05) is 49.2 Å². The molecule has 4 aliphatic carbocycles. The molecule has 3 aromatic carbocycles. The van der Waals surface area contributed by atoms with Crippen LogP contribution in [-0.4, -0.2) is 124 Å². The number of imide groups is 2. The van der Waals surface area contributed by atoms with Gasteiger partial charge < -0.3 is 36.2 Å². The Labute approximate surface area is 411 Å². The largest absolute Gasteiger partial charge is 0.465 e. The van der Waals surface area contributed by atoms with Gasteiger partial charge >= 0.3 is 12.2 Å². The lowest BCUT2D eigenvalue weighted by Gasteiger charge is -2.58. The van der Waals surface area contributed by atoms with Crippen LogP contribution in [0.1, 0.15) is 87.5 Å². The van der Waals surface area contributed by atoms with Gasteiger partial charge in [0.05, 0.1) is 13.2 Å². The highest BCUT2D eigenvalue weighted by Crippen LogP contribution is 2.58. The first-order valence-corrected chi connectivity index (χ1v) is 24.6. The van der Waals surface area contributed by atoms with E-state index in [1.165, 1.54) is 0 Å². The van der Waals surface area contributed by atoms with Crippen LogP contribution in [0.4, 0.5) is 21.1 Å². The smallest absolute Gasteiger partial charge is 0.411 e. The van der Waals surface area contributed by atoms with E-state index in [0.717, 1.165) is 35.7 Å². The summed E-state index contributed by atoms with van der Waals surface area (Å²) in [5.74, 6) is -1.90. The number of primary amides is 2. The van der Waals surface area contributed by atoms with Crippen LogP contribution >= 0.6 is 0 Å². The number of rotatable bonds is 13. The van der Waals surface area contributed by atoms with Crippen molar-refractivity contribution >= 4 is 47.3 Å². The number of morpholine rings is 1. The number of aromatic nitrogens is 1. The van der Waals surface area contributed by atoms with Crippen molar-refractivity contribution < 1.29 is 43.7 Å². The molecule has 4 aliphatic heterocycles. The quantitative estimate of drug-likeness (QED) is 0.108. The molecule has 0 saturated carbocycles. The van der Waals surface area contributed by atoms with Gasteiger partial charge in [0.2, 0.25) is 11.8 Å². The van der Waals surface area contributed by atoms with Crippen molar-refractivity contribution in [3.63, 3.8) is 0 Å². The van der Waals surface area contributed by atoms with Gasteiger partial charge in [-0.3, -0.25) is 39.6 Å². The highest BCUT2D eigenvalue weighted by Gasteiger charge is 2.67. The number of nitrogens with one attached hydrogen (secondary N) is 2. The average molecular weight is 968 g/mol. The molecule has 12 rings (SSSR count). The number of ether oxygens (including phenoxy) is 1. The van der Waals surface area contributed by atoms with Gasteiger partial charge in [-0.25, -0.2) is 14.6 Å². The minimum Gasteiger partial charge on any atom is -0.465 e. The molecule has 0 radical (unpaired) electrons. The van der Waals surface area contributed by atoms with E-state index in [-0.39, 0.29) is 37.0 Å². The van der Waals surface area contributed by atoms with Gasteiger partial charge in [0, 0.05) is 78.4 Å².